The molecule has 0 saturated carbocycles. The van der Waals surface area contributed by atoms with E-state index in [9.17, 15) is 0 Å². The molecular formula is C13H17NO. The summed E-state index contributed by atoms with van der Waals surface area (Å²) >= 11 is 0. The van der Waals surface area contributed by atoms with Crippen LogP contribution in [0.25, 0.3) is 4.85 Å². The standard InChI is InChI=1S/C13H17NO/c1-3-4-5-6-10-15-13-9-7-8-12(11-13)14-2/h7-9,11H,3-6,10H2,1H3. The fourth-order valence-corrected chi connectivity index (χ4v) is 1.36. The van der Waals surface area contributed by atoms with Gasteiger partial charge in [-0.05, 0) is 18.6 Å². The van der Waals surface area contributed by atoms with E-state index < -0.39 is 0 Å². The van der Waals surface area contributed by atoms with Crippen LogP contribution in [0.1, 0.15) is 32.6 Å². The average Bonchev–Trinajstić information content (AvgIpc) is 2.29. The normalized spacial score (nSPS) is 9.60. The van der Waals surface area contributed by atoms with Crippen LogP contribution in [0.15, 0.2) is 24.3 Å². The van der Waals surface area contributed by atoms with Gasteiger partial charge in [0.1, 0.15) is 5.75 Å². The van der Waals surface area contributed by atoms with E-state index >= 15 is 0 Å². The van der Waals surface area contributed by atoms with Crippen LogP contribution in [0.3, 0.4) is 0 Å². The molecule has 2 heteroatoms. The SMILES string of the molecule is [C-]#[N+]c1cccc(OCCCCCC)c1. The Balaban J connectivity index is 2.28. The second kappa shape index (κ2) is 6.89. The minimum atomic E-state index is 0.640. The van der Waals surface area contributed by atoms with Crippen LogP contribution < -0.4 is 4.74 Å². The summed E-state index contributed by atoms with van der Waals surface area (Å²) in [5, 5.41) is 0. The van der Waals surface area contributed by atoms with Crippen LogP contribution in [0.2, 0.25) is 0 Å². The molecule has 0 radical (unpaired) electrons. The Bertz CT molecular complexity index is 328. The average molecular weight is 203 g/mol. The van der Waals surface area contributed by atoms with Gasteiger partial charge in [-0.2, -0.15) is 0 Å². The van der Waals surface area contributed by atoms with Crippen molar-refractivity contribution in [3.05, 3.63) is 35.7 Å². The minimum absolute atomic E-state index is 0.640. The lowest BCUT2D eigenvalue weighted by molar-refractivity contribution is 0.305. The number of ether oxygens (including phenoxy) is 1. The van der Waals surface area contributed by atoms with E-state index in [-0.39, 0.29) is 0 Å². The highest BCUT2D eigenvalue weighted by atomic mass is 16.5. The van der Waals surface area contributed by atoms with Crippen molar-refractivity contribution < 1.29 is 4.74 Å². The molecule has 0 spiro atoms. The molecule has 0 atom stereocenters. The first-order chi connectivity index (χ1) is 7.36. The van der Waals surface area contributed by atoms with Gasteiger partial charge in [0.25, 0.3) is 0 Å². The number of rotatable bonds is 6. The van der Waals surface area contributed by atoms with Gasteiger partial charge in [0, 0.05) is 0 Å². The van der Waals surface area contributed by atoms with Crippen molar-refractivity contribution in [3.63, 3.8) is 0 Å². The third kappa shape index (κ3) is 4.51. The van der Waals surface area contributed by atoms with Crippen molar-refractivity contribution in [2.75, 3.05) is 6.61 Å². The number of hydrogen-bond donors (Lipinski definition) is 0. The lowest BCUT2D eigenvalue weighted by atomic mass is 10.2. The number of benzene rings is 1. The molecule has 0 aliphatic carbocycles. The lowest BCUT2D eigenvalue weighted by Gasteiger charge is -2.05. The van der Waals surface area contributed by atoms with Crippen LogP contribution in [0.4, 0.5) is 5.69 Å². The van der Waals surface area contributed by atoms with E-state index in [1.807, 2.05) is 12.1 Å². The second-order valence-electron chi connectivity index (χ2n) is 3.52. The second-order valence-corrected chi connectivity index (χ2v) is 3.52. The molecule has 1 rings (SSSR count). The third-order valence-corrected chi connectivity index (χ3v) is 2.21. The summed E-state index contributed by atoms with van der Waals surface area (Å²) in [7, 11) is 0. The molecule has 2 nitrogen and oxygen atoms in total. The molecule has 0 aromatic heterocycles. The molecule has 0 saturated heterocycles. The first-order valence-electron chi connectivity index (χ1n) is 5.47. The van der Waals surface area contributed by atoms with Crippen LogP contribution in [0, 0.1) is 6.57 Å². The van der Waals surface area contributed by atoms with E-state index in [1.165, 1.54) is 19.3 Å². The Kier molecular flexibility index (Phi) is 5.32. The Morgan fingerprint density at radius 2 is 2.13 bits per heavy atom. The van der Waals surface area contributed by atoms with E-state index in [2.05, 4.69) is 11.8 Å². The zero-order valence-electron chi connectivity index (χ0n) is 9.20. The molecule has 0 fully saturated rings. The summed E-state index contributed by atoms with van der Waals surface area (Å²) in [5.74, 6) is 0.806. The molecular weight excluding hydrogens is 186 g/mol. The maximum Gasteiger partial charge on any atom is 0.190 e. The van der Waals surface area contributed by atoms with Crippen molar-refractivity contribution in [2.24, 2.45) is 0 Å². The van der Waals surface area contributed by atoms with Crippen molar-refractivity contribution in [2.45, 2.75) is 32.6 Å². The molecule has 0 heterocycles. The molecule has 80 valence electrons. The van der Waals surface area contributed by atoms with Gasteiger partial charge in [-0.1, -0.05) is 38.3 Å². The summed E-state index contributed by atoms with van der Waals surface area (Å²) in [6.45, 7) is 9.82. The first kappa shape index (κ1) is 11.6. The Morgan fingerprint density at radius 1 is 1.27 bits per heavy atom. The molecule has 0 aliphatic heterocycles. The number of unbranched alkanes of at least 4 members (excludes halogenated alkanes) is 3. The lowest BCUT2D eigenvalue weighted by Crippen LogP contribution is -1.96. The van der Waals surface area contributed by atoms with Gasteiger partial charge >= 0.3 is 0 Å². The highest BCUT2D eigenvalue weighted by Crippen LogP contribution is 2.19. The smallest absolute Gasteiger partial charge is 0.190 e. The van der Waals surface area contributed by atoms with Gasteiger partial charge in [0.05, 0.1) is 13.2 Å². The van der Waals surface area contributed by atoms with Gasteiger partial charge in [-0.25, -0.2) is 4.85 Å². The number of hydrogen-bond acceptors (Lipinski definition) is 1. The fraction of sp³-hybridized carbons (Fsp3) is 0.462. The minimum Gasteiger partial charge on any atom is -0.495 e. The topological polar surface area (TPSA) is 13.6 Å². The number of nitrogens with zero attached hydrogens (tertiary/aromatic N) is 1. The summed E-state index contributed by atoms with van der Waals surface area (Å²) < 4.78 is 5.55. The Morgan fingerprint density at radius 3 is 2.87 bits per heavy atom. The maximum atomic E-state index is 6.88. The van der Waals surface area contributed by atoms with E-state index in [4.69, 9.17) is 11.3 Å². The largest absolute Gasteiger partial charge is 0.495 e. The molecule has 1 aromatic carbocycles. The molecule has 0 bridgehead atoms. The monoisotopic (exact) mass is 203 g/mol. The zero-order chi connectivity index (χ0) is 10.9. The molecule has 15 heavy (non-hydrogen) atoms. The van der Waals surface area contributed by atoms with E-state index in [1.54, 1.807) is 12.1 Å². The highest BCUT2D eigenvalue weighted by Gasteiger charge is 1.95. The zero-order valence-corrected chi connectivity index (χ0v) is 9.20. The molecule has 0 aliphatic rings. The quantitative estimate of drug-likeness (QED) is 0.499. The summed E-state index contributed by atoms with van der Waals surface area (Å²) in [4.78, 5) is 3.36. The maximum absolute atomic E-state index is 6.88. The summed E-state index contributed by atoms with van der Waals surface area (Å²) in [6, 6.07) is 7.33. The molecule has 0 N–H and O–H groups in total. The molecule has 0 amide bonds. The van der Waals surface area contributed by atoms with E-state index in [0.717, 1.165) is 18.8 Å². The van der Waals surface area contributed by atoms with Crippen LogP contribution in [-0.4, -0.2) is 6.61 Å². The van der Waals surface area contributed by atoms with Gasteiger partial charge in [-0.3, -0.25) is 0 Å². The first-order valence-corrected chi connectivity index (χ1v) is 5.47. The van der Waals surface area contributed by atoms with Gasteiger partial charge < -0.3 is 4.74 Å². The van der Waals surface area contributed by atoms with Gasteiger partial charge in [-0.15, -0.1) is 0 Å². The van der Waals surface area contributed by atoms with Crippen LogP contribution >= 0.6 is 0 Å². The highest BCUT2D eigenvalue weighted by molar-refractivity contribution is 5.48. The summed E-state index contributed by atoms with van der Waals surface area (Å²) in [6.07, 6.45) is 4.83. The summed E-state index contributed by atoms with van der Waals surface area (Å²) in [5.41, 5.74) is 0.640. The Labute approximate surface area is 91.7 Å². The van der Waals surface area contributed by atoms with Gasteiger partial charge in [0.15, 0.2) is 5.69 Å². The van der Waals surface area contributed by atoms with Crippen LogP contribution in [0.5, 0.6) is 5.75 Å². The fourth-order valence-electron chi connectivity index (χ4n) is 1.36. The van der Waals surface area contributed by atoms with Gasteiger partial charge in [0.2, 0.25) is 0 Å². The van der Waals surface area contributed by atoms with Crippen molar-refractivity contribution in [1.29, 1.82) is 0 Å². The Hall–Kier alpha value is -1.49. The van der Waals surface area contributed by atoms with Crippen LogP contribution in [-0.2, 0) is 0 Å². The third-order valence-electron chi connectivity index (χ3n) is 2.21. The predicted molar refractivity (Wildman–Crippen MR) is 62.3 cm³/mol. The molecule has 1 aromatic rings. The molecule has 0 unspecified atom stereocenters. The predicted octanol–water partition coefficient (Wildman–Crippen LogP) is 4.20. The van der Waals surface area contributed by atoms with Crippen molar-refractivity contribution >= 4 is 5.69 Å². The van der Waals surface area contributed by atoms with Crippen molar-refractivity contribution in [3.8, 4) is 5.75 Å². The van der Waals surface area contributed by atoms with Crippen molar-refractivity contribution in [1.82, 2.24) is 0 Å². The van der Waals surface area contributed by atoms with E-state index in [0.29, 0.717) is 5.69 Å².